The van der Waals surface area contributed by atoms with Gasteiger partial charge >= 0.3 is 0 Å². The predicted molar refractivity (Wildman–Crippen MR) is 89.2 cm³/mol. The van der Waals surface area contributed by atoms with Gasteiger partial charge in [0.2, 0.25) is 0 Å². The maximum Gasteiger partial charge on any atom is 0.0722 e. The Morgan fingerprint density at radius 3 is 2.48 bits per heavy atom. The minimum atomic E-state index is 0.0600. The number of likely N-dealkylation sites (N-methyl/N-ethyl adjacent to an activating group) is 1. The molecule has 1 aliphatic heterocycles. The predicted octanol–water partition coefficient (Wildman–Crippen LogP) is 4.48. The molecule has 0 amide bonds. The first-order valence-corrected chi connectivity index (χ1v) is 7.83. The number of nitrogens with zero attached hydrogens (tertiary/aromatic N) is 1. The molecular weight excluding hydrogens is 254 g/mol. The number of fused-ring (bicyclic) bond motifs is 5. The second kappa shape index (κ2) is 3.71. The highest BCUT2D eigenvalue weighted by Gasteiger charge is 2.60. The average Bonchev–Trinajstić information content (AvgIpc) is 2.76. The van der Waals surface area contributed by atoms with Gasteiger partial charge in [-0.1, -0.05) is 48.9 Å². The van der Waals surface area contributed by atoms with Crippen LogP contribution in [0.25, 0.3) is 0 Å². The van der Waals surface area contributed by atoms with Gasteiger partial charge in [-0.25, -0.2) is 0 Å². The van der Waals surface area contributed by atoms with Crippen molar-refractivity contribution in [3.05, 3.63) is 64.2 Å². The average molecular weight is 277 g/mol. The highest BCUT2D eigenvalue weighted by Crippen LogP contribution is 2.62. The van der Waals surface area contributed by atoms with Gasteiger partial charge < -0.3 is 4.90 Å². The van der Waals surface area contributed by atoms with Crippen molar-refractivity contribution in [2.45, 2.75) is 45.1 Å². The van der Waals surface area contributed by atoms with Gasteiger partial charge in [0.15, 0.2) is 0 Å². The molecule has 108 valence electrons. The molecule has 0 spiro atoms. The lowest BCUT2D eigenvalue weighted by Gasteiger charge is -2.41. The van der Waals surface area contributed by atoms with E-state index >= 15 is 0 Å². The molecule has 2 atom stereocenters. The van der Waals surface area contributed by atoms with Crippen LogP contribution in [0.15, 0.2) is 36.4 Å². The van der Waals surface area contributed by atoms with E-state index in [1.165, 1.54) is 33.5 Å². The third-order valence-electron chi connectivity index (χ3n) is 6.21. The van der Waals surface area contributed by atoms with Crippen molar-refractivity contribution >= 4 is 5.69 Å². The zero-order chi connectivity index (χ0) is 15.0. The van der Waals surface area contributed by atoms with Crippen LogP contribution in [-0.2, 0) is 17.4 Å². The van der Waals surface area contributed by atoms with Crippen LogP contribution in [0.4, 0.5) is 5.69 Å². The summed E-state index contributed by atoms with van der Waals surface area (Å²) in [6.45, 7) is 9.35. The van der Waals surface area contributed by atoms with Crippen LogP contribution in [0.5, 0.6) is 0 Å². The summed E-state index contributed by atoms with van der Waals surface area (Å²) in [7, 11) is 2.27. The topological polar surface area (TPSA) is 3.24 Å². The molecular formula is C20H23N. The van der Waals surface area contributed by atoms with Gasteiger partial charge in [-0.15, -0.1) is 0 Å². The van der Waals surface area contributed by atoms with Crippen molar-refractivity contribution in [1.29, 1.82) is 0 Å². The van der Waals surface area contributed by atoms with Crippen LogP contribution in [0.1, 0.15) is 41.7 Å². The monoisotopic (exact) mass is 277 g/mol. The first-order valence-electron chi connectivity index (χ1n) is 7.83. The molecule has 0 saturated carbocycles. The zero-order valence-electron chi connectivity index (χ0n) is 13.6. The first-order chi connectivity index (χ1) is 9.89. The summed E-state index contributed by atoms with van der Waals surface area (Å²) in [6, 6.07) is 13.7. The fourth-order valence-corrected chi connectivity index (χ4v) is 4.96. The number of anilines is 1. The van der Waals surface area contributed by atoms with E-state index in [0.717, 1.165) is 6.42 Å². The largest absolute Gasteiger partial charge is 0.364 e. The Morgan fingerprint density at radius 1 is 1.00 bits per heavy atom. The summed E-state index contributed by atoms with van der Waals surface area (Å²) >= 11 is 0. The minimum Gasteiger partial charge on any atom is -0.364 e. The summed E-state index contributed by atoms with van der Waals surface area (Å²) in [5.74, 6) is 0. The third-order valence-corrected chi connectivity index (χ3v) is 6.21. The molecule has 2 aromatic rings. The van der Waals surface area contributed by atoms with Gasteiger partial charge in [-0.05, 0) is 49.4 Å². The van der Waals surface area contributed by atoms with E-state index in [2.05, 4.69) is 76.0 Å². The van der Waals surface area contributed by atoms with E-state index in [4.69, 9.17) is 0 Å². The fraction of sp³-hybridized carbons (Fsp3) is 0.400. The molecule has 4 rings (SSSR count). The van der Waals surface area contributed by atoms with Crippen LogP contribution in [0.3, 0.4) is 0 Å². The van der Waals surface area contributed by atoms with Crippen LogP contribution < -0.4 is 4.90 Å². The van der Waals surface area contributed by atoms with Crippen molar-refractivity contribution in [3.63, 3.8) is 0 Å². The Labute approximate surface area is 127 Å². The first kappa shape index (κ1) is 12.9. The summed E-state index contributed by atoms with van der Waals surface area (Å²) in [6.07, 6.45) is 1.14. The van der Waals surface area contributed by atoms with E-state index in [9.17, 15) is 0 Å². The summed E-state index contributed by atoms with van der Waals surface area (Å²) in [5.41, 5.74) is 8.99. The molecule has 2 aromatic carbocycles. The van der Waals surface area contributed by atoms with E-state index in [1.54, 1.807) is 0 Å². The number of rotatable bonds is 0. The lowest BCUT2D eigenvalue weighted by molar-refractivity contribution is 0.305. The minimum absolute atomic E-state index is 0.0600. The smallest absolute Gasteiger partial charge is 0.0722 e. The molecule has 1 heterocycles. The molecule has 0 radical (unpaired) electrons. The Kier molecular flexibility index (Phi) is 2.28. The highest BCUT2D eigenvalue weighted by atomic mass is 15.2. The van der Waals surface area contributed by atoms with E-state index < -0.39 is 0 Å². The molecule has 2 unspecified atom stereocenters. The van der Waals surface area contributed by atoms with Crippen LogP contribution in [-0.4, -0.2) is 7.05 Å². The van der Waals surface area contributed by atoms with Crippen molar-refractivity contribution in [1.82, 2.24) is 0 Å². The van der Waals surface area contributed by atoms with Gasteiger partial charge in [-0.2, -0.15) is 0 Å². The summed E-state index contributed by atoms with van der Waals surface area (Å²) in [5, 5.41) is 0. The maximum atomic E-state index is 2.53. The van der Waals surface area contributed by atoms with E-state index in [-0.39, 0.29) is 11.0 Å². The van der Waals surface area contributed by atoms with E-state index in [1.807, 2.05) is 0 Å². The SMILES string of the molecule is Cc1cc(C)c2c(c1)C1(C)Cc3ccccc3C1(C)N2C. The van der Waals surface area contributed by atoms with Gasteiger partial charge in [0.05, 0.1) is 5.54 Å². The highest BCUT2D eigenvalue weighted by molar-refractivity contribution is 5.74. The molecule has 0 aromatic heterocycles. The summed E-state index contributed by atoms with van der Waals surface area (Å²) in [4.78, 5) is 2.53. The second-order valence-corrected chi connectivity index (χ2v) is 7.28. The Balaban J connectivity index is 2.07. The quantitative estimate of drug-likeness (QED) is 0.686. The maximum absolute atomic E-state index is 2.53. The third kappa shape index (κ3) is 1.28. The van der Waals surface area contributed by atoms with E-state index in [0.29, 0.717) is 0 Å². The molecule has 0 bridgehead atoms. The Hall–Kier alpha value is -1.76. The molecule has 1 aliphatic carbocycles. The van der Waals surface area contributed by atoms with Gasteiger partial charge in [-0.3, -0.25) is 0 Å². The molecule has 0 saturated heterocycles. The van der Waals surface area contributed by atoms with Crippen LogP contribution >= 0.6 is 0 Å². The van der Waals surface area contributed by atoms with Crippen LogP contribution in [0, 0.1) is 13.8 Å². The van der Waals surface area contributed by atoms with Gasteiger partial charge in [0, 0.05) is 18.2 Å². The Morgan fingerprint density at radius 2 is 1.71 bits per heavy atom. The second-order valence-electron chi connectivity index (χ2n) is 7.28. The Bertz CT molecular complexity index is 760. The standard InChI is InChI=1S/C20H23N/c1-13-10-14(2)18-17(11-13)19(3)12-15-8-6-7-9-16(15)20(19,4)21(18)5/h6-11H,12H2,1-5H3. The van der Waals surface area contributed by atoms with Crippen molar-refractivity contribution in [2.24, 2.45) is 0 Å². The molecule has 2 aliphatic rings. The molecule has 0 fully saturated rings. The van der Waals surface area contributed by atoms with Gasteiger partial charge in [0.1, 0.15) is 0 Å². The molecule has 0 N–H and O–H groups in total. The number of hydrogen-bond donors (Lipinski definition) is 0. The van der Waals surface area contributed by atoms with Crippen molar-refractivity contribution < 1.29 is 0 Å². The van der Waals surface area contributed by atoms with Crippen molar-refractivity contribution in [2.75, 3.05) is 11.9 Å². The van der Waals surface area contributed by atoms with Crippen molar-refractivity contribution in [3.8, 4) is 0 Å². The normalized spacial score (nSPS) is 29.3. The van der Waals surface area contributed by atoms with Gasteiger partial charge in [0.25, 0.3) is 0 Å². The number of aryl methyl sites for hydroxylation is 2. The summed E-state index contributed by atoms with van der Waals surface area (Å²) < 4.78 is 0. The fourth-order valence-electron chi connectivity index (χ4n) is 4.96. The molecule has 1 heteroatoms. The number of benzene rings is 2. The van der Waals surface area contributed by atoms with Crippen LogP contribution in [0.2, 0.25) is 0 Å². The zero-order valence-corrected chi connectivity index (χ0v) is 13.6. The molecule has 21 heavy (non-hydrogen) atoms. The lowest BCUT2D eigenvalue weighted by atomic mass is 9.70. The number of hydrogen-bond acceptors (Lipinski definition) is 1. The lowest BCUT2D eigenvalue weighted by Crippen LogP contribution is -2.47. The molecule has 1 nitrogen and oxygen atoms in total.